The summed E-state index contributed by atoms with van der Waals surface area (Å²) in [6.45, 7) is 2.96. The predicted octanol–water partition coefficient (Wildman–Crippen LogP) is 3.39. The van der Waals surface area contributed by atoms with Gasteiger partial charge in [-0.05, 0) is 43.7 Å². The summed E-state index contributed by atoms with van der Waals surface area (Å²) in [7, 11) is 5.63. The second-order valence-electron chi connectivity index (χ2n) is 6.81. The van der Waals surface area contributed by atoms with Crippen LogP contribution in [0.4, 0.5) is 11.8 Å². The number of anilines is 2. The van der Waals surface area contributed by atoms with Crippen LogP contribution in [0, 0.1) is 0 Å². The molecule has 0 aliphatic carbocycles. The number of rotatable bonds is 6. The van der Waals surface area contributed by atoms with Crippen molar-refractivity contribution >= 4 is 27.7 Å². The first-order valence-electron chi connectivity index (χ1n) is 8.87. The van der Waals surface area contributed by atoms with Crippen LogP contribution in [0.25, 0.3) is 0 Å². The third-order valence-corrected chi connectivity index (χ3v) is 5.03. The Morgan fingerprint density at radius 1 is 1.35 bits per heavy atom. The second-order valence-corrected chi connectivity index (χ2v) is 7.73. The number of methoxy groups -OCH3 is 1. The molecule has 0 bridgehead atoms. The molecule has 2 aromatic rings. The number of aromatic nitrogens is 2. The fraction of sp³-hybridized carbons (Fsp3) is 0.474. The Labute approximate surface area is 163 Å². The first-order valence-corrected chi connectivity index (χ1v) is 9.66. The molecule has 0 radical (unpaired) electrons. The maximum Gasteiger partial charge on any atom is 0.226 e. The third-order valence-electron chi connectivity index (χ3n) is 4.54. The Morgan fingerprint density at radius 2 is 2.19 bits per heavy atom. The highest BCUT2D eigenvalue weighted by atomic mass is 79.9. The van der Waals surface area contributed by atoms with Crippen molar-refractivity contribution in [1.82, 2.24) is 14.9 Å². The van der Waals surface area contributed by atoms with Gasteiger partial charge in [0.15, 0.2) is 0 Å². The molecule has 3 rings (SSSR count). The van der Waals surface area contributed by atoms with Crippen molar-refractivity contribution in [3.63, 3.8) is 0 Å². The number of hydrogen-bond acceptors (Lipinski definition) is 6. The summed E-state index contributed by atoms with van der Waals surface area (Å²) in [4.78, 5) is 13.2. The minimum Gasteiger partial charge on any atom is -0.496 e. The summed E-state index contributed by atoms with van der Waals surface area (Å²) in [6.07, 6.45) is 4.12. The van der Waals surface area contributed by atoms with Gasteiger partial charge in [-0.1, -0.05) is 15.9 Å². The number of ether oxygens (including phenoxy) is 1. The molecule has 1 saturated heterocycles. The van der Waals surface area contributed by atoms with Gasteiger partial charge in [-0.25, -0.2) is 4.98 Å². The summed E-state index contributed by atoms with van der Waals surface area (Å²) >= 11 is 3.56. The topological polar surface area (TPSA) is 53.5 Å². The molecule has 2 heterocycles. The molecule has 1 aromatic carbocycles. The van der Waals surface area contributed by atoms with Crippen molar-refractivity contribution < 1.29 is 4.74 Å². The van der Waals surface area contributed by atoms with E-state index in [9.17, 15) is 0 Å². The Bertz CT molecular complexity index is 740. The molecule has 1 N–H and O–H groups in total. The summed E-state index contributed by atoms with van der Waals surface area (Å²) < 4.78 is 6.60. The summed E-state index contributed by atoms with van der Waals surface area (Å²) in [5.74, 6) is 2.55. The number of benzene rings is 1. The Kier molecular flexibility index (Phi) is 6.32. The zero-order chi connectivity index (χ0) is 18.5. The Balaban J connectivity index is 1.64. The monoisotopic (exact) mass is 419 g/mol. The average molecular weight is 420 g/mol. The van der Waals surface area contributed by atoms with Crippen LogP contribution in [0.3, 0.4) is 0 Å². The van der Waals surface area contributed by atoms with Crippen LogP contribution in [0.2, 0.25) is 0 Å². The fourth-order valence-electron chi connectivity index (χ4n) is 3.28. The molecule has 26 heavy (non-hydrogen) atoms. The van der Waals surface area contributed by atoms with E-state index >= 15 is 0 Å². The molecular formula is C19H26BrN5O. The van der Waals surface area contributed by atoms with Gasteiger partial charge in [0.05, 0.1) is 7.11 Å². The number of hydrogen-bond donors (Lipinski definition) is 1. The standard InChI is InChI=1S/C19H26BrN5O/c1-24(2)19-21-9-8-18(23-19)22-16-5-4-10-25(13-16)12-14-11-15(20)6-7-17(14)26-3/h6-9,11,16H,4-5,10,12-13H2,1-3H3,(H,21,22,23). The molecule has 1 aliphatic rings. The summed E-state index contributed by atoms with van der Waals surface area (Å²) in [5.41, 5.74) is 1.21. The second kappa shape index (κ2) is 8.68. The van der Waals surface area contributed by atoms with Crippen molar-refractivity contribution in [2.45, 2.75) is 25.4 Å². The van der Waals surface area contributed by atoms with E-state index in [4.69, 9.17) is 4.74 Å². The van der Waals surface area contributed by atoms with Crippen LogP contribution in [-0.4, -0.2) is 55.2 Å². The quantitative estimate of drug-likeness (QED) is 0.774. The first kappa shape index (κ1) is 18.9. The van der Waals surface area contributed by atoms with Crippen molar-refractivity contribution in [3.05, 3.63) is 40.5 Å². The Morgan fingerprint density at radius 3 is 2.96 bits per heavy atom. The smallest absolute Gasteiger partial charge is 0.226 e. The van der Waals surface area contributed by atoms with Gasteiger partial charge < -0.3 is 15.0 Å². The van der Waals surface area contributed by atoms with E-state index in [-0.39, 0.29) is 0 Å². The minimum absolute atomic E-state index is 0.381. The van der Waals surface area contributed by atoms with Crippen molar-refractivity contribution in [2.24, 2.45) is 0 Å². The van der Waals surface area contributed by atoms with Crippen molar-refractivity contribution in [2.75, 3.05) is 44.5 Å². The number of halogens is 1. The molecule has 6 nitrogen and oxygen atoms in total. The molecule has 1 unspecified atom stereocenters. The SMILES string of the molecule is COc1ccc(Br)cc1CN1CCCC(Nc2ccnc(N(C)C)n2)C1. The van der Waals surface area contributed by atoms with Gasteiger partial charge in [0.1, 0.15) is 11.6 Å². The van der Waals surface area contributed by atoms with Crippen LogP contribution in [0.5, 0.6) is 5.75 Å². The van der Waals surface area contributed by atoms with E-state index in [2.05, 4.69) is 42.2 Å². The van der Waals surface area contributed by atoms with Crippen LogP contribution in [-0.2, 0) is 6.54 Å². The maximum atomic E-state index is 5.52. The largest absolute Gasteiger partial charge is 0.496 e. The van der Waals surface area contributed by atoms with Crippen molar-refractivity contribution in [1.29, 1.82) is 0 Å². The van der Waals surface area contributed by atoms with E-state index in [0.717, 1.165) is 48.0 Å². The highest BCUT2D eigenvalue weighted by Gasteiger charge is 2.21. The number of likely N-dealkylation sites (tertiary alicyclic amines) is 1. The molecule has 7 heteroatoms. The molecule has 1 fully saturated rings. The number of nitrogens with zero attached hydrogens (tertiary/aromatic N) is 4. The molecule has 0 saturated carbocycles. The lowest BCUT2D eigenvalue weighted by atomic mass is 10.0. The summed E-state index contributed by atoms with van der Waals surface area (Å²) in [6, 6.07) is 8.49. The van der Waals surface area contributed by atoms with Gasteiger partial charge >= 0.3 is 0 Å². The van der Waals surface area contributed by atoms with Crippen LogP contribution >= 0.6 is 15.9 Å². The number of nitrogens with one attached hydrogen (secondary N) is 1. The van der Waals surface area contributed by atoms with Crippen LogP contribution < -0.4 is 15.0 Å². The lowest BCUT2D eigenvalue weighted by molar-refractivity contribution is 0.206. The van der Waals surface area contributed by atoms with Crippen LogP contribution in [0.1, 0.15) is 18.4 Å². The maximum absolute atomic E-state index is 5.52. The first-order chi connectivity index (χ1) is 12.5. The lowest BCUT2D eigenvalue weighted by Crippen LogP contribution is -2.41. The molecule has 1 aromatic heterocycles. The zero-order valence-electron chi connectivity index (χ0n) is 15.6. The van der Waals surface area contributed by atoms with E-state index in [1.807, 2.05) is 37.2 Å². The van der Waals surface area contributed by atoms with Gasteiger partial charge in [0.25, 0.3) is 0 Å². The molecule has 1 atom stereocenters. The fourth-order valence-corrected chi connectivity index (χ4v) is 3.69. The van der Waals surface area contributed by atoms with Crippen molar-refractivity contribution in [3.8, 4) is 5.75 Å². The summed E-state index contributed by atoms with van der Waals surface area (Å²) in [5, 5.41) is 3.57. The van der Waals surface area contributed by atoms with E-state index in [1.54, 1.807) is 13.3 Å². The van der Waals surface area contributed by atoms with E-state index in [0.29, 0.717) is 6.04 Å². The highest BCUT2D eigenvalue weighted by molar-refractivity contribution is 9.10. The molecule has 1 aliphatic heterocycles. The van der Waals surface area contributed by atoms with E-state index in [1.165, 1.54) is 12.0 Å². The van der Waals surface area contributed by atoms with E-state index < -0.39 is 0 Å². The average Bonchev–Trinajstić information content (AvgIpc) is 2.62. The third kappa shape index (κ3) is 4.86. The number of piperidine rings is 1. The zero-order valence-corrected chi connectivity index (χ0v) is 17.2. The molecule has 140 valence electrons. The molecule has 0 amide bonds. The highest BCUT2D eigenvalue weighted by Crippen LogP contribution is 2.26. The van der Waals surface area contributed by atoms with Gasteiger partial charge in [-0.3, -0.25) is 4.90 Å². The van der Waals surface area contributed by atoms with Gasteiger partial charge in [-0.2, -0.15) is 4.98 Å². The van der Waals surface area contributed by atoms with Gasteiger partial charge in [0.2, 0.25) is 5.95 Å². The molecule has 0 spiro atoms. The van der Waals surface area contributed by atoms with Gasteiger partial charge in [-0.15, -0.1) is 0 Å². The normalized spacial score (nSPS) is 17.8. The Hall–Kier alpha value is -1.86. The lowest BCUT2D eigenvalue weighted by Gasteiger charge is -2.33. The minimum atomic E-state index is 0.381. The molecular weight excluding hydrogens is 394 g/mol. The van der Waals surface area contributed by atoms with Crippen LogP contribution in [0.15, 0.2) is 34.9 Å². The predicted molar refractivity (Wildman–Crippen MR) is 109 cm³/mol. The van der Waals surface area contributed by atoms with Gasteiger partial charge in [0, 0.05) is 49.5 Å².